The highest BCUT2D eigenvalue weighted by atomic mass is 16.5. The van der Waals surface area contributed by atoms with Gasteiger partial charge in [-0.3, -0.25) is 4.79 Å². The van der Waals surface area contributed by atoms with E-state index in [0.717, 1.165) is 0 Å². The van der Waals surface area contributed by atoms with Crippen molar-refractivity contribution in [2.75, 3.05) is 13.7 Å². The largest absolute Gasteiger partial charge is 0.453 e. The van der Waals surface area contributed by atoms with Crippen LogP contribution in [0.15, 0.2) is 16.5 Å². The molecule has 1 aromatic rings. The van der Waals surface area contributed by atoms with Crippen molar-refractivity contribution < 1.29 is 19.1 Å². The topological polar surface area (TPSA) is 71.7 Å². The summed E-state index contributed by atoms with van der Waals surface area (Å²) in [7, 11) is 1.57. The van der Waals surface area contributed by atoms with Crippen LogP contribution in [0.25, 0.3) is 0 Å². The summed E-state index contributed by atoms with van der Waals surface area (Å²) in [6, 6.07) is 3.32. The first-order valence-corrected chi connectivity index (χ1v) is 6.08. The summed E-state index contributed by atoms with van der Waals surface area (Å²) in [4.78, 5) is 11.7. The third-order valence-electron chi connectivity index (χ3n) is 2.67. The molecule has 0 saturated heterocycles. The summed E-state index contributed by atoms with van der Waals surface area (Å²) in [5.74, 6) is 0.804. The highest BCUT2D eigenvalue weighted by Gasteiger charge is 2.13. The molecule has 0 aliphatic rings. The standard InChI is InChI=1S/C13H21NO4/c1-9(2)11(15)6-7-14-13(16)12-5-4-10(18-12)8-17-3/h4-5,9,11,15H,6-8H2,1-3H3,(H,14,16). The van der Waals surface area contributed by atoms with Gasteiger partial charge in [-0.05, 0) is 24.5 Å². The zero-order valence-corrected chi connectivity index (χ0v) is 11.1. The van der Waals surface area contributed by atoms with Crippen molar-refractivity contribution in [1.82, 2.24) is 5.32 Å². The number of ether oxygens (including phenoxy) is 1. The van der Waals surface area contributed by atoms with Crippen LogP contribution in [-0.2, 0) is 11.3 Å². The van der Waals surface area contributed by atoms with E-state index in [1.807, 2.05) is 13.8 Å². The van der Waals surface area contributed by atoms with Gasteiger partial charge in [0.1, 0.15) is 12.4 Å². The second-order valence-electron chi connectivity index (χ2n) is 4.55. The highest BCUT2D eigenvalue weighted by molar-refractivity contribution is 5.91. The molecule has 0 bridgehead atoms. The van der Waals surface area contributed by atoms with Gasteiger partial charge < -0.3 is 19.6 Å². The quantitative estimate of drug-likeness (QED) is 0.775. The lowest BCUT2D eigenvalue weighted by molar-refractivity contribution is 0.0887. The average molecular weight is 255 g/mol. The predicted molar refractivity (Wildman–Crippen MR) is 67.2 cm³/mol. The van der Waals surface area contributed by atoms with Crippen LogP contribution in [0.5, 0.6) is 0 Å². The molecule has 5 nitrogen and oxygen atoms in total. The van der Waals surface area contributed by atoms with Crippen molar-refractivity contribution in [2.24, 2.45) is 5.92 Å². The van der Waals surface area contributed by atoms with Crippen LogP contribution in [0.1, 0.15) is 36.6 Å². The molecule has 1 atom stereocenters. The van der Waals surface area contributed by atoms with E-state index in [1.54, 1.807) is 19.2 Å². The number of carbonyl (C=O) groups is 1. The Balaban J connectivity index is 2.36. The Hall–Kier alpha value is -1.33. The van der Waals surface area contributed by atoms with Crippen LogP contribution < -0.4 is 5.32 Å². The molecule has 1 unspecified atom stereocenters. The number of hydrogen-bond donors (Lipinski definition) is 2. The number of rotatable bonds is 7. The van der Waals surface area contributed by atoms with Gasteiger partial charge in [-0.1, -0.05) is 13.8 Å². The first kappa shape index (κ1) is 14.7. The molecule has 0 radical (unpaired) electrons. The van der Waals surface area contributed by atoms with Gasteiger partial charge in [0, 0.05) is 13.7 Å². The van der Waals surface area contributed by atoms with Gasteiger partial charge in [-0.2, -0.15) is 0 Å². The highest BCUT2D eigenvalue weighted by Crippen LogP contribution is 2.09. The first-order chi connectivity index (χ1) is 8.54. The molecular formula is C13H21NO4. The number of aliphatic hydroxyl groups is 1. The number of hydrogen-bond acceptors (Lipinski definition) is 4. The number of carbonyl (C=O) groups excluding carboxylic acids is 1. The maximum Gasteiger partial charge on any atom is 0.286 e. The number of amides is 1. The van der Waals surface area contributed by atoms with Crippen molar-refractivity contribution in [3.63, 3.8) is 0 Å². The summed E-state index contributed by atoms with van der Waals surface area (Å²) in [6.07, 6.45) is 0.139. The summed E-state index contributed by atoms with van der Waals surface area (Å²) in [6.45, 7) is 4.66. The van der Waals surface area contributed by atoms with E-state index in [4.69, 9.17) is 9.15 Å². The third-order valence-corrected chi connectivity index (χ3v) is 2.67. The van der Waals surface area contributed by atoms with Crippen LogP contribution in [0.2, 0.25) is 0 Å². The first-order valence-electron chi connectivity index (χ1n) is 6.08. The van der Waals surface area contributed by atoms with Crippen LogP contribution >= 0.6 is 0 Å². The smallest absolute Gasteiger partial charge is 0.286 e. The summed E-state index contributed by atoms with van der Waals surface area (Å²) >= 11 is 0. The van der Waals surface area contributed by atoms with E-state index in [9.17, 15) is 9.90 Å². The zero-order chi connectivity index (χ0) is 13.5. The van der Waals surface area contributed by atoms with Gasteiger partial charge in [0.05, 0.1) is 6.10 Å². The number of furan rings is 1. The van der Waals surface area contributed by atoms with Crippen molar-refractivity contribution in [3.05, 3.63) is 23.7 Å². The van der Waals surface area contributed by atoms with E-state index in [-0.39, 0.29) is 17.6 Å². The van der Waals surface area contributed by atoms with Crippen molar-refractivity contribution >= 4 is 5.91 Å². The lowest BCUT2D eigenvalue weighted by Gasteiger charge is -2.13. The van der Waals surface area contributed by atoms with Gasteiger partial charge in [0.15, 0.2) is 5.76 Å². The van der Waals surface area contributed by atoms with Crippen molar-refractivity contribution in [1.29, 1.82) is 0 Å². The van der Waals surface area contributed by atoms with Crippen molar-refractivity contribution in [3.8, 4) is 0 Å². The molecule has 0 aromatic carbocycles. The molecule has 0 aliphatic heterocycles. The summed E-state index contributed by atoms with van der Waals surface area (Å²) in [5, 5.41) is 12.3. The fraction of sp³-hybridized carbons (Fsp3) is 0.615. The van der Waals surface area contributed by atoms with Gasteiger partial charge in [-0.15, -0.1) is 0 Å². The monoisotopic (exact) mass is 255 g/mol. The van der Waals surface area contributed by atoms with Crippen molar-refractivity contribution in [2.45, 2.75) is 33.0 Å². The molecule has 0 spiro atoms. The van der Waals surface area contributed by atoms with Gasteiger partial charge in [0.25, 0.3) is 5.91 Å². The molecular weight excluding hydrogens is 234 g/mol. The Morgan fingerprint density at radius 3 is 2.83 bits per heavy atom. The molecule has 1 heterocycles. The predicted octanol–water partition coefficient (Wildman–Crippen LogP) is 1.56. The van der Waals surface area contributed by atoms with Gasteiger partial charge >= 0.3 is 0 Å². The van der Waals surface area contributed by atoms with Crippen LogP contribution in [0.4, 0.5) is 0 Å². The average Bonchev–Trinajstić information content (AvgIpc) is 2.77. The molecule has 1 rings (SSSR count). The van der Waals surface area contributed by atoms with E-state index in [0.29, 0.717) is 25.3 Å². The summed E-state index contributed by atoms with van der Waals surface area (Å²) < 4.78 is 10.2. The van der Waals surface area contributed by atoms with E-state index in [2.05, 4.69) is 5.32 Å². The number of methoxy groups -OCH3 is 1. The molecule has 0 saturated carbocycles. The fourth-order valence-corrected chi connectivity index (χ4v) is 1.47. The molecule has 102 valence electrons. The summed E-state index contributed by atoms with van der Waals surface area (Å²) in [5.41, 5.74) is 0. The van der Waals surface area contributed by atoms with E-state index < -0.39 is 6.10 Å². The van der Waals surface area contributed by atoms with Gasteiger partial charge in [0.2, 0.25) is 0 Å². The minimum atomic E-state index is -0.397. The SMILES string of the molecule is COCc1ccc(C(=O)NCCC(O)C(C)C)o1. The number of nitrogens with one attached hydrogen (secondary N) is 1. The molecule has 1 aromatic heterocycles. The Morgan fingerprint density at radius 2 is 2.22 bits per heavy atom. The Bertz CT molecular complexity index is 373. The van der Waals surface area contributed by atoms with E-state index >= 15 is 0 Å². The lowest BCUT2D eigenvalue weighted by atomic mass is 10.0. The minimum absolute atomic E-state index is 0.193. The second kappa shape index (κ2) is 7.18. The Kier molecular flexibility index (Phi) is 5.88. The maximum absolute atomic E-state index is 11.7. The third kappa shape index (κ3) is 4.50. The molecule has 2 N–H and O–H groups in total. The van der Waals surface area contributed by atoms with Crippen LogP contribution in [0, 0.1) is 5.92 Å². The van der Waals surface area contributed by atoms with Crippen LogP contribution in [-0.4, -0.2) is 30.8 Å². The fourth-order valence-electron chi connectivity index (χ4n) is 1.47. The van der Waals surface area contributed by atoms with Crippen LogP contribution in [0.3, 0.4) is 0 Å². The molecule has 1 amide bonds. The number of aliphatic hydroxyl groups excluding tert-OH is 1. The molecule has 18 heavy (non-hydrogen) atoms. The minimum Gasteiger partial charge on any atom is -0.453 e. The second-order valence-corrected chi connectivity index (χ2v) is 4.55. The Morgan fingerprint density at radius 1 is 1.50 bits per heavy atom. The molecule has 5 heteroatoms. The van der Waals surface area contributed by atoms with E-state index in [1.165, 1.54) is 0 Å². The molecule has 0 fully saturated rings. The lowest BCUT2D eigenvalue weighted by Crippen LogP contribution is -2.28. The molecule has 0 aliphatic carbocycles. The zero-order valence-electron chi connectivity index (χ0n) is 11.1. The maximum atomic E-state index is 11.7. The Labute approximate surface area is 107 Å². The normalized spacial score (nSPS) is 12.7. The van der Waals surface area contributed by atoms with Gasteiger partial charge in [-0.25, -0.2) is 0 Å².